The van der Waals surface area contributed by atoms with Crippen molar-refractivity contribution in [3.8, 4) is 10.6 Å². The van der Waals surface area contributed by atoms with Gasteiger partial charge in [0.1, 0.15) is 5.69 Å². The minimum Gasteiger partial charge on any atom is -0.355 e. The number of likely N-dealkylation sites (tertiary alicyclic amines) is 2. The summed E-state index contributed by atoms with van der Waals surface area (Å²) in [5.74, 6) is 0.628. The smallest absolute Gasteiger partial charge is 0.276 e. The molecule has 144 valence electrons. The fraction of sp³-hybridized carbons (Fsp3) is 0.389. The first-order valence-corrected chi connectivity index (χ1v) is 10.0. The van der Waals surface area contributed by atoms with Gasteiger partial charge in [0.25, 0.3) is 5.91 Å². The summed E-state index contributed by atoms with van der Waals surface area (Å²) in [4.78, 5) is 28.8. The summed E-state index contributed by atoms with van der Waals surface area (Å²) in [5.41, 5.74) is 1.09. The first-order valence-electron chi connectivity index (χ1n) is 9.16. The van der Waals surface area contributed by atoms with E-state index in [-0.39, 0.29) is 17.9 Å². The number of aromatic nitrogens is 4. The molecule has 0 radical (unpaired) electrons. The van der Waals surface area contributed by atoms with Crippen molar-refractivity contribution in [1.82, 2.24) is 30.0 Å². The number of rotatable bonds is 5. The van der Waals surface area contributed by atoms with Crippen LogP contribution in [0, 0.1) is 0 Å². The molecule has 0 bridgehead atoms. The molecule has 10 heteroatoms. The molecule has 0 atom stereocenters. The molecule has 0 unspecified atom stereocenters. The average molecular weight is 398 g/mol. The van der Waals surface area contributed by atoms with Crippen molar-refractivity contribution in [3.63, 3.8) is 0 Å². The monoisotopic (exact) mass is 398 g/mol. The summed E-state index contributed by atoms with van der Waals surface area (Å²) in [6, 6.07) is 5.62. The molecule has 2 fully saturated rings. The largest absolute Gasteiger partial charge is 0.355 e. The van der Waals surface area contributed by atoms with Crippen molar-refractivity contribution >= 4 is 23.2 Å². The molecule has 3 aromatic heterocycles. The molecule has 5 heterocycles. The number of hydrogen-bond acceptors (Lipinski definition) is 7. The van der Waals surface area contributed by atoms with E-state index in [1.165, 1.54) is 11.3 Å². The molecule has 2 aliphatic heterocycles. The summed E-state index contributed by atoms with van der Waals surface area (Å²) < 4.78 is 7.07. The molecule has 9 nitrogen and oxygen atoms in total. The van der Waals surface area contributed by atoms with Gasteiger partial charge in [-0.15, -0.1) is 16.4 Å². The molecule has 0 aromatic carbocycles. The summed E-state index contributed by atoms with van der Waals surface area (Å²) in [5, 5.41) is 14.2. The molecule has 5 rings (SSSR count). The molecular weight excluding hydrogens is 380 g/mol. The number of amides is 2. The van der Waals surface area contributed by atoms with Crippen LogP contribution < -0.4 is 0 Å². The van der Waals surface area contributed by atoms with Crippen molar-refractivity contribution in [1.29, 1.82) is 0 Å². The summed E-state index contributed by atoms with van der Waals surface area (Å²) in [7, 11) is 0. The van der Waals surface area contributed by atoms with E-state index in [4.69, 9.17) is 4.52 Å². The molecule has 0 aliphatic carbocycles. The van der Waals surface area contributed by atoms with Gasteiger partial charge in [-0.25, -0.2) is 4.68 Å². The van der Waals surface area contributed by atoms with Crippen LogP contribution in [0.3, 0.4) is 0 Å². The van der Waals surface area contributed by atoms with Crippen molar-refractivity contribution in [2.75, 3.05) is 19.6 Å². The lowest BCUT2D eigenvalue weighted by molar-refractivity contribution is -0.128. The average Bonchev–Trinajstić information content (AvgIpc) is 3.42. The first-order chi connectivity index (χ1) is 13.7. The van der Waals surface area contributed by atoms with Crippen molar-refractivity contribution in [2.45, 2.75) is 25.4 Å². The van der Waals surface area contributed by atoms with E-state index in [1.807, 2.05) is 23.7 Å². The molecule has 2 saturated heterocycles. The lowest BCUT2D eigenvalue weighted by Crippen LogP contribution is -2.51. The Balaban J connectivity index is 1.18. The van der Waals surface area contributed by atoms with Crippen LogP contribution in [0.25, 0.3) is 10.6 Å². The Labute approximate surface area is 164 Å². The van der Waals surface area contributed by atoms with Crippen molar-refractivity contribution in [3.05, 3.63) is 41.2 Å². The van der Waals surface area contributed by atoms with Crippen LogP contribution in [0.15, 0.2) is 34.3 Å². The van der Waals surface area contributed by atoms with E-state index in [9.17, 15) is 9.59 Å². The summed E-state index contributed by atoms with van der Waals surface area (Å²) in [6.07, 6.45) is 3.38. The maximum Gasteiger partial charge on any atom is 0.276 e. The Morgan fingerprint density at radius 2 is 2.25 bits per heavy atom. The maximum atomic E-state index is 12.6. The van der Waals surface area contributed by atoms with Gasteiger partial charge in [-0.05, 0) is 17.9 Å². The second kappa shape index (κ2) is 6.86. The van der Waals surface area contributed by atoms with Gasteiger partial charge < -0.3 is 14.3 Å². The number of thiophene rings is 1. The molecule has 28 heavy (non-hydrogen) atoms. The summed E-state index contributed by atoms with van der Waals surface area (Å²) >= 11 is 1.54. The lowest BCUT2D eigenvalue weighted by Gasteiger charge is -2.38. The van der Waals surface area contributed by atoms with Crippen LogP contribution in [-0.2, 0) is 11.3 Å². The Kier molecular flexibility index (Phi) is 4.19. The van der Waals surface area contributed by atoms with Crippen molar-refractivity contribution < 1.29 is 14.1 Å². The molecule has 3 aromatic rings. The quantitative estimate of drug-likeness (QED) is 0.650. The minimum absolute atomic E-state index is 0.0862. The van der Waals surface area contributed by atoms with E-state index in [2.05, 4.69) is 15.5 Å². The third-order valence-corrected chi connectivity index (χ3v) is 5.98. The SMILES string of the molecule is O=C1CCCN1Cc1cn(C2CN(C(=O)c3cc(-c4cccs4)on3)C2)nn1. The van der Waals surface area contributed by atoms with E-state index >= 15 is 0 Å². The van der Waals surface area contributed by atoms with E-state index < -0.39 is 0 Å². The zero-order chi connectivity index (χ0) is 19.1. The number of carbonyl (C=O) groups excluding carboxylic acids is 2. The second-order valence-electron chi connectivity index (χ2n) is 7.03. The van der Waals surface area contributed by atoms with Crippen LogP contribution >= 0.6 is 11.3 Å². The second-order valence-corrected chi connectivity index (χ2v) is 7.97. The molecule has 0 saturated carbocycles. The van der Waals surface area contributed by atoms with Crippen LogP contribution in [0.1, 0.15) is 35.1 Å². The zero-order valence-corrected chi connectivity index (χ0v) is 15.8. The highest BCUT2D eigenvalue weighted by atomic mass is 32.1. The first kappa shape index (κ1) is 17.1. The molecular formula is C18H18N6O3S. The Morgan fingerprint density at radius 1 is 1.36 bits per heavy atom. The number of hydrogen-bond donors (Lipinski definition) is 0. The molecule has 2 aliphatic rings. The fourth-order valence-electron chi connectivity index (χ4n) is 3.49. The van der Waals surface area contributed by atoms with Crippen LogP contribution in [-0.4, -0.2) is 61.4 Å². The highest BCUT2D eigenvalue weighted by Crippen LogP contribution is 2.27. The number of carbonyl (C=O) groups is 2. The van der Waals surface area contributed by atoms with Gasteiger partial charge in [-0.1, -0.05) is 16.4 Å². The van der Waals surface area contributed by atoms with Gasteiger partial charge in [0, 0.05) is 32.1 Å². The molecule has 0 spiro atoms. The Morgan fingerprint density at radius 3 is 3.00 bits per heavy atom. The topological polar surface area (TPSA) is 97.4 Å². The van der Waals surface area contributed by atoms with Gasteiger partial charge in [0.2, 0.25) is 5.91 Å². The standard InChI is InChI=1S/C18H18N6O3S/c25-17-4-1-5-22(17)8-12-9-24(21-19-12)13-10-23(11-13)18(26)14-7-15(27-20-14)16-3-2-6-28-16/h2-3,6-7,9,13H,1,4-5,8,10-11H2. The highest BCUT2D eigenvalue weighted by Gasteiger charge is 2.35. The normalized spacial score (nSPS) is 17.4. The minimum atomic E-state index is -0.147. The Hall–Kier alpha value is -3.01. The lowest BCUT2D eigenvalue weighted by atomic mass is 10.1. The third kappa shape index (κ3) is 3.09. The van der Waals surface area contributed by atoms with Crippen LogP contribution in [0.4, 0.5) is 0 Å². The van der Waals surface area contributed by atoms with Gasteiger partial charge in [-0.3, -0.25) is 9.59 Å². The van der Waals surface area contributed by atoms with Crippen molar-refractivity contribution in [2.24, 2.45) is 0 Å². The van der Waals surface area contributed by atoms with Crippen LogP contribution in [0.2, 0.25) is 0 Å². The predicted octanol–water partition coefficient (Wildman–Crippen LogP) is 1.81. The van der Waals surface area contributed by atoms with Gasteiger partial charge in [0.15, 0.2) is 11.5 Å². The summed E-state index contributed by atoms with van der Waals surface area (Å²) in [6.45, 7) is 2.37. The molecule has 0 N–H and O–H groups in total. The zero-order valence-electron chi connectivity index (χ0n) is 15.0. The van der Waals surface area contributed by atoms with E-state index in [0.717, 1.165) is 23.5 Å². The fourth-order valence-corrected chi connectivity index (χ4v) is 4.17. The van der Waals surface area contributed by atoms with E-state index in [0.29, 0.717) is 37.5 Å². The maximum absolute atomic E-state index is 12.6. The predicted molar refractivity (Wildman–Crippen MR) is 99.4 cm³/mol. The van der Waals surface area contributed by atoms with Gasteiger partial charge in [0.05, 0.1) is 23.7 Å². The Bertz CT molecular complexity index is 1000. The van der Waals surface area contributed by atoms with Gasteiger partial charge in [-0.2, -0.15) is 0 Å². The highest BCUT2D eigenvalue weighted by molar-refractivity contribution is 7.13. The van der Waals surface area contributed by atoms with Crippen LogP contribution in [0.5, 0.6) is 0 Å². The number of nitrogens with zero attached hydrogens (tertiary/aromatic N) is 6. The van der Waals surface area contributed by atoms with E-state index in [1.54, 1.807) is 20.5 Å². The third-order valence-electron chi connectivity index (χ3n) is 5.10. The van der Waals surface area contributed by atoms with Gasteiger partial charge >= 0.3 is 0 Å². The molecule has 2 amide bonds.